The summed E-state index contributed by atoms with van der Waals surface area (Å²) in [7, 11) is -3.35. The lowest BCUT2D eigenvalue weighted by Gasteiger charge is -2.61. The van der Waals surface area contributed by atoms with Gasteiger partial charge in [-0.2, -0.15) is 8.42 Å². The Balaban J connectivity index is 1.43. The molecule has 0 radical (unpaired) electrons. The second-order valence-electron chi connectivity index (χ2n) is 13.4. The average Bonchev–Trinajstić information content (AvgIpc) is 3.04. The molecule has 186 valence electrons. The van der Waals surface area contributed by atoms with Crippen LogP contribution in [-0.2, 0) is 14.3 Å². The van der Waals surface area contributed by atoms with Gasteiger partial charge < -0.3 is 0 Å². The smallest absolute Gasteiger partial charge is 0.264 e. The van der Waals surface area contributed by atoms with E-state index in [0.29, 0.717) is 16.7 Å². The van der Waals surface area contributed by atoms with Gasteiger partial charge in [0.25, 0.3) is 10.1 Å². The van der Waals surface area contributed by atoms with Crippen molar-refractivity contribution in [2.24, 2.45) is 52.3 Å². The minimum absolute atomic E-state index is 0.0870. The van der Waals surface area contributed by atoms with Crippen LogP contribution in [0.1, 0.15) is 112 Å². The third-order valence-electron chi connectivity index (χ3n) is 11.1. The van der Waals surface area contributed by atoms with E-state index in [4.69, 9.17) is 4.18 Å². The molecule has 4 saturated carbocycles. The van der Waals surface area contributed by atoms with Gasteiger partial charge in [-0.1, -0.05) is 53.9 Å². The van der Waals surface area contributed by atoms with Gasteiger partial charge in [0.15, 0.2) is 0 Å². The maximum Gasteiger partial charge on any atom is 0.264 e. The van der Waals surface area contributed by atoms with Crippen LogP contribution in [0.2, 0.25) is 0 Å². The predicted octanol–water partition coefficient (Wildman–Crippen LogP) is 7.45. The van der Waals surface area contributed by atoms with E-state index in [1.54, 1.807) is 0 Å². The number of hydrogen-bond donors (Lipinski definition) is 0. The molecule has 4 fully saturated rings. The van der Waals surface area contributed by atoms with Crippen molar-refractivity contribution in [3.63, 3.8) is 0 Å². The molecule has 0 heterocycles. The van der Waals surface area contributed by atoms with Crippen LogP contribution in [-0.4, -0.2) is 20.8 Å². The molecule has 4 heteroatoms. The standard InChI is InChI=1S/C28H50O3S/c1-19(2)8-7-9-20(3)24-12-13-25-23-11-10-21-18-22(31-32(6,29)30)14-16-27(21,4)26(23)15-17-28(24,25)5/h19-26H,7-18H2,1-6H3/t20-,21+,22-,23+,24-,25+,26+,27+,28-/m1/s1. The van der Waals surface area contributed by atoms with Gasteiger partial charge in [-0.3, -0.25) is 4.18 Å². The number of rotatable bonds is 7. The first-order valence-corrected chi connectivity index (χ1v) is 15.6. The van der Waals surface area contributed by atoms with Gasteiger partial charge in [0.05, 0.1) is 12.4 Å². The SMILES string of the molecule is CC(C)CCC[C@@H](C)[C@H]1CC[C@H]2[C@@H]3CC[C@H]4C[C@H](OS(C)(=O)=O)CC[C@]4(C)[C@H]3CC[C@]12C. The molecule has 0 aromatic heterocycles. The summed E-state index contributed by atoms with van der Waals surface area (Å²) in [5.41, 5.74) is 0.945. The van der Waals surface area contributed by atoms with Crippen LogP contribution in [0.25, 0.3) is 0 Å². The van der Waals surface area contributed by atoms with Crippen LogP contribution in [0.3, 0.4) is 0 Å². The van der Waals surface area contributed by atoms with Gasteiger partial charge in [0, 0.05) is 0 Å². The van der Waals surface area contributed by atoms with Gasteiger partial charge in [0.1, 0.15) is 0 Å². The Morgan fingerprint density at radius 2 is 1.56 bits per heavy atom. The molecule has 0 aromatic carbocycles. The van der Waals surface area contributed by atoms with Crippen molar-refractivity contribution in [3.05, 3.63) is 0 Å². The molecule has 3 nitrogen and oxygen atoms in total. The minimum Gasteiger partial charge on any atom is -0.267 e. The molecule has 0 aromatic rings. The highest BCUT2D eigenvalue weighted by Crippen LogP contribution is 2.68. The van der Waals surface area contributed by atoms with Gasteiger partial charge in [-0.25, -0.2) is 0 Å². The Bertz CT molecular complexity index is 761. The van der Waals surface area contributed by atoms with E-state index in [1.165, 1.54) is 64.0 Å². The Morgan fingerprint density at radius 1 is 0.875 bits per heavy atom. The van der Waals surface area contributed by atoms with Crippen LogP contribution in [0.15, 0.2) is 0 Å². The largest absolute Gasteiger partial charge is 0.267 e. The van der Waals surface area contributed by atoms with Crippen molar-refractivity contribution in [3.8, 4) is 0 Å². The predicted molar refractivity (Wildman–Crippen MR) is 133 cm³/mol. The first-order valence-electron chi connectivity index (χ1n) is 13.8. The molecular formula is C28H50O3S. The van der Waals surface area contributed by atoms with E-state index in [9.17, 15) is 8.42 Å². The fourth-order valence-electron chi connectivity index (χ4n) is 9.58. The Morgan fingerprint density at radius 3 is 2.25 bits per heavy atom. The summed E-state index contributed by atoms with van der Waals surface area (Å²) in [5.74, 6) is 5.92. The number of hydrogen-bond acceptors (Lipinski definition) is 3. The van der Waals surface area contributed by atoms with Crippen LogP contribution in [0, 0.1) is 52.3 Å². The molecule has 0 bridgehead atoms. The third kappa shape index (κ3) is 4.70. The molecule has 0 aliphatic heterocycles. The highest BCUT2D eigenvalue weighted by atomic mass is 32.2. The van der Waals surface area contributed by atoms with Crippen LogP contribution in [0.4, 0.5) is 0 Å². The van der Waals surface area contributed by atoms with E-state index in [0.717, 1.165) is 54.8 Å². The van der Waals surface area contributed by atoms with Gasteiger partial charge in [-0.05, 0) is 110 Å². The van der Waals surface area contributed by atoms with Gasteiger partial charge in [-0.15, -0.1) is 0 Å². The molecule has 32 heavy (non-hydrogen) atoms. The van der Waals surface area contributed by atoms with Crippen molar-refractivity contribution in [1.82, 2.24) is 0 Å². The normalized spacial score (nSPS) is 45.2. The summed E-state index contributed by atoms with van der Waals surface area (Å²) in [6, 6.07) is 0. The summed E-state index contributed by atoms with van der Waals surface area (Å²) in [6.07, 6.45) is 16.7. The summed E-state index contributed by atoms with van der Waals surface area (Å²) >= 11 is 0. The zero-order valence-corrected chi connectivity index (χ0v) is 22.6. The molecule has 4 aliphatic rings. The first-order chi connectivity index (χ1) is 14.9. The van der Waals surface area contributed by atoms with Gasteiger partial charge in [0.2, 0.25) is 0 Å². The molecule has 4 rings (SSSR count). The molecule has 0 unspecified atom stereocenters. The first kappa shape index (κ1) is 25.0. The fourth-order valence-corrected chi connectivity index (χ4v) is 10.2. The molecular weight excluding hydrogens is 416 g/mol. The fraction of sp³-hybridized carbons (Fsp3) is 1.00. The summed E-state index contributed by atoms with van der Waals surface area (Å²) in [5, 5.41) is 0. The maximum atomic E-state index is 11.7. The van der Waals surface area contributed by atoms with Crippen molar-refractivity contribution in [2.75, 3.05) is 6.26 Å². The minimum atomic E-state index is -3.35. The quantitative estimate of drug-likeness (QED) is 0.366. The number of fused-ring (bicyclic) bond motifs is 5. The van der Waals surface area contributed by atoms with Crippen molar-refractivity contribution >= 4 is 10.1 Å². The molecule has 4 aliphatic carbocycles. The van der Waals surface area contributed by atoms with E-state index in [-0.39, 0.29) is 6.10 Å². The van der Waals surface area contributed by atoms with Crippen molar-refractivity contribution in [1.29, 1.82) is 0 Å². The Hall–Kier alpha value is -0.0900. The van der Waals surface area contributed by atoms with Crippen LogP contribution >= 0.6 is 0 Å². The maximum absolute atomic E-state index is 11.7. The molecule has 0 saturated heterocycles. The Kier molecular flexibility index (Phi) is 7.17. The summed E-state index contributed by atoms with van der Waals surface area (Å²) < 4.78 is 28.8. The lowest BCUT2D eigenvalue weighted by Crippen LogP contribution is -2.54. The second-order valence-corrected chi connectivity index (χ2v) is 15.0. The monoisotopic (exact) mass is 466 g/mol. The van der Waals surface area contributed by atoms with Crippen LogP contribution < -0.4 is 0 Å². The van der Waals surface area contributed by atoms with Gasteiger partial charge >= 0.3 is 0 Å². The summed E-state index contributed by atoms with van der Waals surface area (Å²) in [6.45, 7) is 12.5. The van der Waals surface area contributed by atoms with Crippen LogP contribution in [0.5, 0.6) is 0 Å². The highest BCUT2D eigenvalue weighted by Gasteiger charge is 2.60. The van der Waals surface area contributed by atoms with E-state index < -0.39 is 10.1 Å². The van der Waals surface area contributed by atoms with Crippen molar-refractivity contribution in [2.45, 2.75) is 118 Å². The zero-order valence-electron chi connectivity index (χ0n) is 21.7. The lowest BCUT2D eigenvalue weighted by atomic mass is 9.44. The topological polar surface area (TPSA) is 43.4 Å². The molecule has 0 amide bonds. The van der Waals surface area contributed by atoms with E-state index in [1.807, 2.05) is 0 Å². The summed E-state index contributed by atoms with van der Waals surface area (Å²) in [4.78, 5) is 0. The lowest BCUT2D eigenvalue weighted by molar-refractivity contribution is -0.126. The van der Waals surface area contributed by atoms with E-state index in [2.05, 4.69) is 34.6 Å². The average molecular weight is 467 g/mol. The second kappa shape index (κ2) is 9.17. The van der Waals surface area contributed by atoms with Crippen molar-refractivity contribution < 1.29 is 12.6 Å². The zero-order chi connectivity index (χ0) is 23.3. The third-order valence-corrected chi connectivity index (χ3v) is 11.8. The Labute approximate surface area is 199 Å². The highest BCUT2D eigenvalue weighted by molar-refractivity contribution is 7.86. The molecule has 0 spiro atoms. The molecule has 0 N–H and O–H groups in total. The molecule has 9 atom stereocenters. The van der Waals surface area contributed by atoms with E-state index >= 15 is 0 Å².